The molecular formula is C65H126O17P2. The van der Waals surface area contributed by atoms with Crippen LogP contribution in [0.15, 0.2) is 0 Å². The van der Waals surface area contributed by atoms with Gasteiger partial charge < -0.3 is 33.8 Å². The summed E-state index contributed by atoms with van der Waals surface area (Å²) < 4.78 is 68.0. The monoisotopic (exact) mass is 1240 g/mol. The molecule has 0 aromatic carbocycles. The molecular weight excluding hydrogens is 1110 g/mol. The standard InChI is InChI=1S/C65H126O17P2/c1-9-57(7)43-35-27-19-13-11-12-14-20-31-39-47-64(69)81-61(52-76-63(68)46-38-30-24-23-28-36-44-58(8)10-2)54-80-84(73,74)78-50-59(66)49-77-83(71,72)79-53-60(82-65(70)48-40-32-22-16-18-26-34-42-56(5)6)51-75-62(67)45-37-29-21-15-17-25-33-41-55(3)4/h55-61,66H,9-54H2,1-8H3,(H,71,72)(H,73,74)/t57?,58?,59?,60-,61-/m1/s1. The van der Waals surface area contributed by atoms with Crippen molar-refractivity contribution in [1.29, 1.82) is 0 Å². The quantitative estimate of drug-likeness (QED) is 0.0222. The summed E-state index contributed by atoms with van der Waals surface area (Å²) >= 11 is 0. The summed E-state index contributed by atoms with van der Waals surface area (Å²) in [6.07, 6.45) is 34.9. The van der Waals surface area contributed by atoms with Crippen LogP contribution >= 0.6 is 15.6 Å². The van der Waals surface area contributed by atoms with E-state index in [0.29, 0.717) is 37.5 Å². The van der Waals surface area contributed by atoms with E-state index in [4.69, 9.17) is 37.0 Å². The van der Waals surface area contributed by atoms with E-state index in [1.807, 2.05) is 0 Å². The molecule has 0 aromatic rings. The summed E-state index contributed by atoms with van der Waals surface area (Å²) in [7, 11) is -9.89. The third-order valence-electron chi connectivity index (χ3n) is 15.5. The fourth-order valence-electron chi connectivity index (χ4n) is 9.54. The molecule has 0 spiro atoms. The third kappa shape index (κ3) is 56.6. The van der Waals surface area contributed by atoms with Crippen LogP contribution in [0.5, 0.6) is 0 Å². The first-order chi connectivity index (χ1) is 40.2. The molecule has 0 aliphatic heterocycles. The number of aliphatic hydroxyl groups excluding tert-OH is 1. The SMILES string of the molecule is CCC(C)CCCCCCCCCCCCC(=O)O[C@H](COC(=O)CCCCCCCCC(C)CC)COP(=O)(O)OCC(O)COP(=O)(O)OC[C@@H](COC(=O)CCCCCCCCCC(C)C)OC(=O)CCCCCCCCCC(C)C. The Balaban J connectivity index is 5.26. The Morgan fingerprint density at radius 1 is 0.333 bits per heavy atom. The van der Waals surface area contributed by atoms with Crippen LogP contribution in [0.2, 0.25) is 0 Å². The van der Waals surface area contributed by atoms with Crippen molar-refractivity contribution in [3.05, 3.63) is 0 Å². The molecule has 0 saturated heterocycles. The van der Waals surface area contributed by atoms with Crippen LogP contribution in [0.4, 0.5) is 0 Å². The fourth-order valence-corrected chi connectivity index (χ4v) is 11.1. The lowest BCUT2D eigenvalue weighted by Gasteiger charge is -2.21. The second kappa shape index (κ2) is 55.2. The summed E-state index contributed by atoms with van der Waals surface area (Å²) in [5.41, 5.74) is 0. The first kappa shape index (κ1) is 82.1. The number of aliphatic hydroxyl groups is 1. The van der Waals surface area contributed by atoms with Crippen molar-refractivity contribution in [1.82, 2.24) is 0 Å². The van der Waals surface area contributed by atoms with Crippen LogP contribution in [0, 0.1) is 23.7 Å². The third-order valence-corrected chi connectivity index (χ3v) is 17.4. The zero-order valence-corrected chi connectivity index (χ0v) is 56.3. The molecule has 0 bridgehead atoms. The van der Waals surface area contributed by atoms with Gasteiger partial charge in [-0.1, -0.05) is 261 Å². The lowest BCUT2D eigenvalue weighted by atomic mass is 9.99. The van der Waals surface area contributed by atoms with E-state index in [-0.39, 0.29) is 25.7 Å². The molecule has 0 aromatic heterocycles. The number of ether oxygens (including phenoxy) is 4. The van der Waals surface area contributed by atoms with Gasteiger partial charge in [-0.25, -0.2) is 9.13 Å². The lowest BCUT2D eigenvalue weighted by Crippen LogP contribution is -2.30. The highest BCUT2D eigenvalue weighted by Crippen LogP contribution is 2.45. The molecule has 3 N–H and O–H groups in total. The summed E-state index contributed by atoms with van der Waals surface area (Å²) in [6.45, 7) is 14.0. The minimum Gasteiger partial charge on any atom is -0.462 e. The van der Waals surface area contributed by atoms with Gasteiger partial charge in [0, 0.05) is 25.7 Å². The van der Waals surface area contributed by atoms with E-state index in [1.54, 1.807) is 0 Å². The molecule has 0 rings (SSSR count). The molecule has 0 saturated carbocycles. The van der Waals surface area contributed by atoms with Gasteiger partial charge >= 0.3 is 39.5 Å². The number of phosphoric acid groups is 2. The van der Waals surface area contributed by atoms with Gasteiger partial charge in [0.2, 0.25) is 0 Å². The number of carbonyl (C=O) groups is 4. The molecule has 0 fully saturated rings. The van der Waals surface area contributed by atoms with Crippen molar-refractivity contribution in [2.24, 2.45) is 23.7 Å². The van der Waals surface area contributed by atoms with Crippen molar-refractivity contribution in [2.75, 3.05) is 39.6 Å². The van der Waals surface area contributed by atoms with Gasteiger partial charge in [-0.2, -0.15) is 0 Å². The Hall–Kier alpha value is -1.94. The average Bonchev–Trinajstić information content (AvgIpc) is 3.50. The normalized spacial score (nSPS) is 15.1. The molecule has 0 heterocycles. The molecule has 0 aliphatic rings. The Labute approximate surface area is 511 Å². The number of esters is 4. The molecule has 498 valence electrons. The zero-order chi connectivity index (χ0) is 62.5. The average molecular weight is 1240 g/mol. The predicted molar refractivity (Wildman–Crippen MR) is 335 cm³/mol. The molecule has 5 unspecified atom stereocenters. The molecule has 7 atom stereocenters. The highest BCUT2D eigenvalue weighted by Gasteiger charge is 2.30. The first-order valence-electron chi connectivity index (χ1n) is 33.8. The van der Waals surface area contributed by atoms with Crippen molar-refractivity contribution >= 4 is 39.5 Å². The highest BCUT2D eigenvalue weighted by molar-refractivity contribution is 7.47. The number of hydrogen-bond donors (Lipinski definition) is 3. The van der Waals surface area contributed by atoms with Gasteiger partial charge in [0.25, 0.3) is 0 Å². The Morgan fingerprint density at radius 3 is 0.845 bits per heavy atom. The first-order valence-corrected chi connectivity index (χ1v) is 36.8. The van der Waals surface area contributed by atoms with E-state index in [2.05, 4.69) is 55.4 Å². The van der Waals surface area contributed by atoms with Gasteiger partial charge in [-0.15, -0.1) is 0 Å². The largest absolute Gasteiger partial charge is 0.472 e. The summed E-state index contributed by atoms with van der Waals surface area (Å²) in [6, 6.07) is 0. The molecule has 19 heteroatoms. The van der Waals surface area contributed by atoms with Crippen LogP contribution in [-0.2, 0) is 65.4 Å². The second-order valence-electron chi connectivity index (χ2n) is 24.9. The van der Waals surface area contributed by atoms with E-state index >= 15 is 0 Å². The van der Waals surface area contributed by atoms with Gasteiger partial charge in [0.05, 0.1) is 26.4 Å². The molecule has 0 amide bonds. The van der Waals surface area contributed by atoms with Crippen molar-refractivity contribution in [3.8, 4) is 0 Å². The maximum atomic E-state index is 13.0. The van der Waals surface area contributed by atoms with Gasteiger partial charge in [0.15, 0.2) is 12.2 Å². The lowest BCUT2D eigenvalue weighted by molar-refractivity contribution is -0.161. The van der Waals surface area contributed by atoms with E-state index < -0.39 is 97.5 Å². The minimum absolute atomic E-state index is 0.102. The maximum Gasteiger partial charge on any atom is 0.472 e. The highest BCUT2D eigenvalue weighted by atomic mass is 31.2. The van der Waals surface area contributed by atoms with E-state index in [0.717, 1.165) is 115 Å². The predicted octanol–water partition coefficient (Wildman–Crippen LogP) is 17.8. The van der Waals surface area contributed by atoms with Crippen LogP contribution < -0.4 is 0 Å². The number of rotatable bonds is 62. The van der Waals surface area contributed by atoms with Crippen molar-refractivity contribution in [3.63, 3.8) is 0 Å². The number of carbonyl (C=O) groups excluding carboxylic acids is 4. The number of unbranched alkanes of at least 4 members (excludes halogenated alkanes) is 26. The number of phosphoric ester groups is 2. The Morgan fingerprint density at radius 2 is 0.571 bits per heavy atom. The van der Waals surface area contributed by atoms with E-state index in [1.165, 1.54) is 103 Å². The van der Waals surface area contributed by atoms with Crippen LogP contribution in [0.25, 0.3) is 0 Å². The zero-order valence-electron chi connectivity index (χ0n) is 54.5. The van der Waals surface area contributed by atoms with Crippen LogP contribution in [-0.4, -0.2) is 96.7 Å². The number of hydrogen-bond acceptors (Lipinski definition) is 15. The summed E-state index contributed by atoms with van der Waals surface area (Å²) in [4.78, 5) is 72.2. The maximum absolute atomic E-state index is 13.0. The smallest absolute Gasteiger partial charge is 0.462 e. The van der Waals surface area contributed by atoms with Crippen LogP contribution in [0.1, 0.15) is 312 Å². The molecule has 0 aliphatic carbocycles. The molecule has 84 heavy (non-hydrogen) atoms. The Bertz CT molecular complexity index is 1680. The fraction of sp³-hybridized carbons (Fsp3) is 0.938. The Kier molecular flexibility index (Phi) is 53.9. The van der Waals surface area contributed by atoms with Crippen LogP contribution in [0.3, 0.4) is 0 Å². The summed E-state index contributed by atoms with van der Waals surface area (Å²) in [5, 5.41) is 10.5. The molecule has 17 nitrogen and oxygen atoms in total. The van der Waals surface area contributed by atoms with Gasteiger partial charge in [0.1, 0.15) is 19.3 Å². The minimum atomic E-state index is -4.95. The second-order valence-corrected chi connectivity index (χ2v) is 27.8. The van der Waals surface area contributed by atoms with Gasteiger partial charge in [-0.3, -0.25) is 37.3 Å². The van der Waals surface area contributed by atoms with Gasteiger partial charge in [-0.05, 0) is 49.4 Å². The topological polar surface area (TPSA) is 237 Å². The molecule has 0 radical (unpaired) electrons. The van der Waals surface area contributed by atoms with Crippen molar-refractivity contribution in [2.45, 2.75) is 331 Å². The summed E-state index contributed by atoms with van der Waals surface area (Å²) in [5.74, 6) is 0.794. The van der Waals surface area contributed by atoms with E-state index in [9.17, 15) is 43.2 Å². The van der Waals surface area contributed by atoms with Crippen molar-refractivity contribution < 1.29 is 80.2 Å².